The Morgan fingerprint density at radius 3 is 0.531 bits per heavy atom. The van der Waals surface area contributed by atoms with Gasteiger partial charge in [-0.05, 0) is 193 Å². The maximum absolute atomic E-state index is 2.35. The molecule has 0 aliphatic rings. The second-order valence-electron chi connectivity index (χ2n) is 16.9. The summed E-state index contributed by atoms with van der Waals surface area (Å²) in [4.78, 5) is 9.34. The quantitative estimate of drug-likeness (QED) is 0.122. The second kappa shape index (κ2) is 18.3. The molecule has 0 N–H and O–H groups in total. The van der Waals surface area contributed by atoms with Gasteiger partial charge >= 0.3 is 0 Å². The summed E-state index contributed by atoms with van der Waals surface area (Å²) < 4.78 is 0. The van der Waals surface area contributed by atoms with Gasteiger partial charge in [0.25, 0.3) is 0 Å². The van der Waals surface area contributed by atoms with E-state index in [0.717, 1.165) is 68.2 Å². The summed E-state index contributed by atoms with van der Waals surface area (Å²) in [6, 6.07) is 79.3. The minimum Gasteiger partial charge on any atom is -0.311 e. The molecule has 9 aromatic carbocycles. The lowest BCUT2D eigenvalue weighted by molar-refractivity contribution is 1.23. The Kier molecular flexibility index (Phi) is 11.8. The Morgan fingerprint density at radius 1 is 0.172 bits per heavy atom. The number of hydrogen-bond acceptors (Lipinski definition) is 4. The normalized spacial score (nSPS) is 11.0. The Morgan fingerprint density at radius 2 is 0.344 bits per heavy atom. The molecule has 0 saturated heterocycles. The van der Waals surface area contributed by atoms with E-state index in [2.05, 4.69) is 280 Å². The molecule has 0 saturated carbocycles. The van der Waals surface area contributed by atoms with Gasteiger partial charge in [-0.3, -0.25) is 0 Å². The zero-order valence-electron chi connectivity index (χ0n) is 37.6. The van der Waals surface area contributed by atoms with Gasteiger partial charge in [0.2, 0.25) is 0 Å². The van der Waals surface area contributed by atoms with Crippen LogP contribution >= 0.6 is 0 Å². The number of hydrogen-bond donors (Lipinski definition) is 0. The molecule has 0 aliphatic carbocycles. The summed E-state index contributed by atoms with van der Waals surface area (Å²) in [5.74, 6) is 0. The molecule has 314 valence electrons. The van der Waals surface area contributed by atoms with Crippen LogP contribution in [0.1, 0.15) is 33.4 Å². The van der Waals surface area contributed by atoms with Crippen molar-refractivity contribution in [3.8, 4) is 0 Å². The molecule has 0 unspecified atom stereocenters. The van der Waals surface area contributed by atoms with Gasteiger partial charge < -0.3 is 19.6 Å². The van der Waals surface area contributed by atoms with E-state index >= 15 is 0 Å². The summed E-state index contributed by atoms with van der Waals surface area (Å²) >= 11 is 0. The Labute approximate surface area is 379 Å². The van der Waals surface area contributed by atoms with E-state index < -0.39 is 0 Å². The summed E-state index contributed by atoms with van der Waals surface area (Å²) in [5, 5.41) is 0. The minimum atomic E-state index is 1.06. The Hall–Kier alpha value is -7.82. The number of nitrogens with zero attached hydrogens (tertiary/aromatic N) is 4. The van der Waals surface area contributed by atoms with Crippen LogP contribution < -0.4 is 19.6 Å². The Bertz CT molecular complexity index is 2710. The molecule has 0 amide bonds. The van der Waals surface area contributed by atoms with Crippen LogP contribution in [-0.4, -0.2) is 0 Å². The van der Waals surface area contributed by atoms with E-state index in [1.807, 2.05) is 0 Å². The first kappa shape index (κ1) is 41.5. The van der Waals surface area contributed by atoms with Crippen LogP contribution in [0.2, 0.25) is 0 Å². The molecule has 0 bridgehead atoms. The fraction of sp³-hybridized carbons (Fsp3) is 0.100. The Balaban J connectivity index is 1.14. The van der Waals surface area contributed by atoms with Crippen LogP contribution in [0, 0.1) is 41.5 Å². The van der Waals surface area contributed by atoms with Crippen LogP contribution in [0.5, 0.6) is 0 Å². The molecular formula is C60H54N4. The number of anilines is 12. The first-order valence-corrected chi connectivity index (χ1v) is 22.1. The monoisotopic (exact) mass is 830 g/mol. The molecule has 9 rings (SSSR count). The molecule has 0 spiro atoms. The maximum Gasteiger partial charge on any atom is 0.0464 e. The van der Waals surface area contributed by atoms with Crippen molar-refractivity contribution in [1.29, 1.82) is 0 Å². The highest BCUT2D eigenvalue weighted by atomic mass is 15.2. The molecule has 0 aromatic heterocycles. The largest absolute Gasteiger partial charge is 0.311 e. The predicted octanol–water partition coefficient (Wildman–Crippen LogP) is 17.4. The highest BCUT2D eigenvalue weighted by molar-refractivity contribution is 5.85. The number of aryl methyl sites for hydroxylation is 6. The molecule has 0 fully saturated rings. The van der Waals surface area contributed by atoms with Gasteiger partial charge in [0.05, 0.1) is 0 Å². The van der Waals surface area contributed by atoms with Crippen molar-refractivity contribution in [2.75, 3.05) is 19.6 Å². The standard InChI is InChI=1S/C60H54N4/c1-43-10-20-49(21-11-43)61(50-22-12-44(2)13-23-50)54-30-34-56(35-31-54)63(57-36-32-55(33-37-57)62(51-24-14-45(3)15-25-51)52-26-16-46(4)17-27-52)58-38-40-59(41-39-58)64(53-28-18-47(5)19-29-53)60-9-7-8-48(6)42-60/h7-42H,1-6H3. The average molecular weight is 831 g/mol. The predicted molar refractivity (Wildman–Crippen MR) is 274 cm³/mol. The van der Waals surface area contributed by atoms with Crippen LogP contribution in [0.3, 0.4) is 0 Å². The third kappa shape index (κ3) is 9.04. The van der Waals surface area contributed by atoms with Crippen molar-refractivity contribution in [3.63, 3.8) is 0 Å². The second-order valence-corrected chi connectivity index (χ2v) is 16.9. The van der Waals surface area contributed by atoms with Gasteiger partial charge in [0.1, 0.15) is 0 Å². The number of rotatable bonds is 12. The van der Waals surface area contributed by atoms with Crippen molar-refractivity contribution >= 4 is 68.2 Å². The van der Waals surface area contributed by atoms with E-state index in [1.165, 1.54) is 33.4 Å². The van der Waals surface area contributed by atoms with E-state index in [4.69, 9.17) is 0 Å². The van der Waals surface area contributed by atoms with Gasteiger partial charge in [-0.2, -0.15) is 0 Å². The zero-order valence-corrected chi connectivity index (χ0v) is 37.6. The SMILES string of the molecule is Cc1ccc(N(c2ccc(C)cc2)c2ccc(N(c3ccc(N(c4ccc(C)cc4)c4ccc(C)cc4)cc3)c3ccc(N(c4ccc(C)cc4)c4cccc(C)c4)cc3)cc2)cc1. The summed E-state index contributed by atoms with van der Waals surface area (Å²) in [7, 11) is 0. The third-order valence-corrected chi connectivity index (χ3v) is 11.8. The lowest BCUT2D eigenvalue weighted by Gasteiger charge is -2.30. The lowest BCUT2D eigenvalue weighted by atomic mass is 10.1. The van der Waals surface area contributed by atoms with Gasteiger partial charge in [-0.1, -0.05) is 101 Å². The van der Waals surface area contributed by atoms with Crippen LogP contribution in [0.25, 0.3) is 0 Å². The number of benzene rings is 9. The third-order valence-electron chi connectivity index (χ3n) is 11.8. The van der Waals surface area contributed by atoms with Gasteiger partial charge in [0, 0.05) is 68.2 Å². The minimum absolute atomic E-state index is 1.06. The lowest BCUT2D eigenvalue weighted by Crippen LogP contribution is -2.14. The van der Waals surface area contributed by atoms with E-state index in [-0.39, 0.29) is 0 Å². The molecule has 4 nitrogen and oxygen atoms in total. The van der Waals surface area contributed by atoms with E-state index in [9.17, 15) is 0 Å². The van der Waals surface area contributed by atoms with Gasteiger partial charge in [-0.15, -0.1) is 0 Å². The fourth-order valence-corrected chi connectivity index (χ4v) is 8.28. The first-order valence-electron chi connectivity index (χ1n) is 22.1. The van der Waals surface area contributed by atoms with Crippen LogP contribution in [0.15, 0.2) is 218 Å². The maximum atomic E-state index is 2.35. The summed E-state index contributed by atoms with van der Waals surface area (Å²) in [6.45, 7) is 12.8. The highest BCUT2D eigenvalue weighted by Crippen LogP contribution is 2.43. The molecular weight excluding hydrogens is 777 g/mol. The smallest absolute Gasteiger partial charge is 0.0464 e. The van der Waals surface area contributed by atoms with E-state index in [0.29, 0.717) is 0 Å². The molecule has 0 aliphatic heterocycles. The van der Waals surface area contributed by atoms with Crippen molar-refractivity contribution in [2.45, 2.75) is 41.5 Å². The van der Waals surface area contributed by atoms with Gasteiger partial charge in [-0.25, -0.2) is 0 Å². The van der Waals surface area contributed by atoms with Crippen molar-refractivity contribution in [2.24, 2.45) is 0 Å². The molecule has 0 atom stereocenters. The van der Waals surface area contributed by atoms with E-state index in [1.54, 1.807) is 0 Å². The van der Waals surface area contributed by atoms with Gasteiger partial charge in [0.15, 0.2) is 0 Å². The van der Waals surface area contributed by atoms with Crippen molar-refractivity contribution < 1.29 is 0 Å². The zero-order chi connectivity index (χ0) is 44.2. The summed E-state index contributed by atoms with van der Waals surface area (Å²) in [6.07, 6.45) is 0. The molecule has 4 heteroatoms. The topological polar surface area (TPSA) is 13.0 Å². The molecule has 64 heavy (non-hydrogen) atoms. The van der Waals surface area contributed by atoms with Crippen LogP contribution in [0.4, 0.5) is 68.2 Å². The molecule has 0 radical (unpaired) electrons. The average Bonchev–Trinajstić information content (AvgIpc) is 3.31. The highest BCUT2D eigenvalue weighted by Gasteiger charge is 2.20. The molecule has 9 aromatic rings. The van der Waals surface area contributed by atoms with Crippen molar-refractivity contribution in [1.82, 2.24) is 0 Å². The fourth-order valence-electron chi connectivity index (χ4n) is 8.28. The van der Waals surface area contributed by atoms with Crippen molar-refractivity contribution in [3.05, 3.63) is 252 Å². The first-order chi connectivity index (χ1) is 31.2. The summed E-state index contributed by atoms with van der Waals surface area (Å²) in [5.41, 5.74) is 20.5. The van der Waals surface area contributed by atoms with Crippen LogP contribution in [-0.2, 0) is 0 Å². The molecule has 0 heterocycles.